The van der Waals surface area contributed by atoms with Crippen LogP contribution in [0.15, 0.2) is 36.4 Å². The van der Waals surface area contributed by atoms with Gasteiger partial charge in [0.1, 0.15) is 21.8 Å². The Labute approximate surface area is 165 Å². The van der Waals surface area contributed by atoms with Gasteiger partial charge in [-0.2, -0.15) is 5.26 Å². The fraction of sp³-hybridized carbons (Fsp3) is 0.238. The van der Waals surface area contributed by atoms with E-state index in [0.717, 1.165) is 27.7 Å². The minimum atomic E-state index is -1.04. The zero-order valence-electron chi connectivity index (χ0n) is 14.9. The van der Waals surface area contributed by atoms with Crippen LogP contribution in [0, 0.1) is 17.1 Å². The van der Waals surface area contributed by atoms with E-state index in [1.54, 1.807) is 6.07 Å². The molecule has 4 rings (SSSR count). The van der Waals surface area contributed by atoms with Crippen molar-refractivity contribution in [3.8, 4) is 6.07 Å². The Morgan fingerprint density at radius 1 is 1.21 bits per heavy atom. The highest BCUT2D eigenvalue weighted by atomic mass is 32.1. The van der Waals surface area contributed by atoms with Gasteiger partial charge in [-0.15, -0.1) is 11.3 Å². The van der Waals surface area contributed by atoms with Crippen LogP contribution in [0.2, 0.25) is 0 Å². The van der Waals surface area contributed by atoms with Crippen LogP contribution in [0.4, 0.5) is 9.39 Å². The summed E-state index contributed by atoms with van der Waals surface area (Å²) in [4.78, 5) is 14.0. The van der Waals surface area contributed by atoms with Crippen LogP contribution in [0.1, 0.15) is 26.4 Å². The van der Waals surface area contributed by atoms with Crippen LogP contribution >= 0.6 is 11.3 Å². The number of ether oxygens (including phenoxy) is 1. The molecule has 1 N–H and O–H groups in total. The van der Waals surface area contributed by atoms with Gasteiger partial charge in [0.2, 0.25) is 0 Å². The van der Waals surface area contributed by atoms with Gasteiger partial charge < -0.3 is 14.7 Å². The molecule has 1 fully saturated rings. The highest BCUT2D eigenvalue weighted by molar-refractivity contribution is 7.18. The van der Waals surface area contributed by atoms with Crippen molar-refractivity contribution in [3.63, 3.8) is 0 Å². The molecule has 28 heavy (non-hydrogen) atoms. The molecule has 2 aromatic carbocycles. The molecule has 7 heteroatoms. The molecule has 0 atom stereocenters. The van der Waals surface area contributed by atoms with Crippen molar-refractivity contribution in [1.82, 2.24) is 0 Å². The number of hydrogen-bond acceptors (Lipinski definition) is 5. The maximum atomic E-state index is 13.6. The van der Waals surface area contributed by atoms with Crippen LogP contribution in [0.25, 0.3) is 10.8 Å². The van der Waals surface area contributed by atoms with Gasteiger partial charge in [0, 0.05) is 25.1 Å². The van der Waals surface area contributed by atoms with E-state index in [9.17, 15) is 19.6 Å². The van der Waals surface area contributed by atoms with Crippen LogP contribution in [0.5, 0.6) is 0 Å². The second-order valence-electron chi connectivity index (χ2n) is 6.61. The summed E-state index contributed by atoms with van der Waals surface area (Å²) >= 11 is 1.14. The molecule has 1 saturated heterocycles. The molecule has 5 nitrogen and oxygen atoms in total. The third kappa shape index (κ3) is 3.44. The van der Waals surface area contributed by atoms with Crippen molar-refractivity contribution >= 4 is 33.1 Å². The third-order valence-corrected chi connectivity index (χ3v) is 6.12. The van der Waals surface area contributed by atoms with Crippen molar-refractivity contribution in [1.29, 1.82) is 5.26 Å². The molecule has 3 aromatic rings. The lowest BCUT2D eigenvalue weighted by Crippen LogP contribution is -2.36. The molecule has 0 saturated carbocycles. The predicted molar refractivity (Wildman–Crippen MR) is 106 cm³/mol. The average Bonchev–Trinajstić information content (AvgIpc) is 3.07. The summed E-state index contributed by atoms with van der Waals surface area (Å²) in [5.74, 6) is -1.36. The Bertz CT molecular complexity index is 1100. The summed E-state index contributed by atoms with van der Waals surface area (Å²) in [5, 5.41) is 21.8. The Balaban J connectivity index is 1.77. The Hall–Kier alpha value is -2.95. The molecule has 1 aliphatic rings. The molecule has 0 amide bonds. The Morgan fingerprint density at radius 3 is 2.68 bits per heavy atom. The van der Waals surface area contributed by atoms with Gasteiger partial charge >= 0.3 is 5.97 Å². The number of halogens is 1. The van der Waals surface area contributed by atoms with Crippen molar-refractivity contribution in [3.05, 3.63) is 63.8 Å². The molecule has 1 aliphatic heterocycles. The number of aromatic carboxylic acids is 1. The van der Waals surface area contributed by atoms with Crippen molar-refractivity contribution in [2.75, 3.05) is 31.2 Å². The number of rotatable bonds is 4. The lowest BCUT2D eigenvalue weighted by Gasteiger charge is -2.27. The molecular formula is C21H17FN2O3S. The third-order valence-electron chi connectivity index (χ3n) is 4.84. The van der Waals surface area contributed by atoms with Gasteiger partial charge in [-0.3, -0.25) is 0 Å². The largest absolute Gasteiger partial charge is 0.477 e. The predicted octanol–water partition coefficient (Wildman–Crippen LogP) is 4.04. The molecule has 2 heterocycles. The molecule has 0 radical (unpaired) electrons. The molecule has 142 valence electrons. The number of anilines is 1. The Kier molecular flexibility index (Phi) is 4.99. The minimum Gasteiger partial charge on any atom is -0.477 e. The monoisotopic (exact) mass is 396 g/mol. The number of nitrogens with zero attached hydrogens (tertiary/aromatic N) is 2. The van der Waals surface area contributed by atoms with E-state index in [0.29, 0.717) is 48.9 Å². The lowest BCUT2D eigenvalue weighted by molar-refractivity contribution is 0.0701. The minimum absolute atomic E-state index is 0.178. The molecule has 1 aromatic heterocycles. The van der Waals surface area contributed by atoms with Gasteiger partial charge in [-0.25, -0.2) is 9.18 Å². The SMILES string of the molecule is N#Cc1c(N2CCOCC2)sc(C(=O)O)c1Cc1ccc2ccc(F)cc2c1. The zero-order valence-corrected chi connectivity index (χ0v) is 15.8. The highest BCUT2D eigenvalue weighted by Crippen LogP contribution is 2.38. The lowest BCUT2D eigenvalue weighted by atomic mass is 9.98. The fourth-order valence-corrected chi connectivity index (χ4v) is 4.64. The number of carbonyl (C=O) groups is 1. The van der Waals surface area contributed by atoms with Crippen LogP contribution in [-0.4, -0.2) is 37.4 Å². The number of nitriles is 1. The number of hydrogen-bond donors (Lipinski definition) is 1. The van der Waals surface area contributed by atoms with E-state index < -0.39 is 5.97 Å². The summed E-state index contributed by atoms with van der Waals surface area (Å²) in [5.41, 5.74) is 1.75. The second kappa shape index (κ2) is 7.58. The van der Waals surface area contributed by atoms with Gasteiger partial charge in [-0.1, -0.05) is 24.3 Å². The summed E-state index contributed by atoms with van der Waals surface area (Å²) < 4.78 is 18.9. The quantitative estimate of drug-likeness (QED) is 0.721. The summed E-state index contributed by atoms with van der Waals surface area (Å²) in [6.07, 6.45) is 0.303. The van der Waals surface area contributed by atoms with Crippen molar-refractivity contribution < 1.29 is 19.0 Å². The average molecular weight is 396 g/mol. The van der Waals surface area contributed by atoms with E-state index in [4.69, 9.17) is 4.74 Å². The first-order valence-electron chi connectivity index (χ1n) is 8.87. The summed E-state index contributed by atoms with van der Waals surface area (Å²) in [6.45, 7) is 2.36. The number of carboxylic acid groups (broad SMARTS) is 1. The normalized spacial score (nSPS) is 14.2. The number of fused-ring (bicyclic) bond motifs is 1. The van der Waals surface area contributed by atoms with E-state index in [2.05, 4.69) is 6.07 Å². The smallest absolute Gasteiger partial charge is 0.346 e. The Morgan fingerprint density at radius 2 is 1.96 bits per heavy atom. The van der Waals surface area contributed by atoms with Gasteiger partial charge in [-0.05, 0) is 28.5 Å². The van der Waals surface area contributed by atoms with Crippen LogP contribution in [-0.2, 0) is 11.2 Å². The molecular weight excluding hydrogens is 379 g/mol. The van der Waals surface area contributed by atoms with Crippen molar-refractivity contribution in [2.45, 2.75) is 6.42 Å². The van der Waals surface area contributed by atoms with Crippen LogP contribution < -0.4 is 4.90 Å². The summed E-state index contributed by atoms with van der Waals surface area (Å²) in [7, 11) is 0. The molecule has 0 spiro atoms. The van der Waals surface area contributed by atoms with Crippen LogP contribution in [0.3, 0.4) is 0 Å². The number of benzene rings is 2. The van der Waals surface area contributed by atoms with E-state index in [-0.39, 0.29) is 10.7 Å². The summed E-state index contributed by atoms with van der Waals surface area (Å²) in [6, 6.07) is 12.4. The molecule has 0 unspecified atom stereocenters. The maximum absolute atomic E-state index is 13.6. The van der Waals surface area contributed by atoms with Crippen molar-refractivity contribution in [2.24, 2.45) is 0 Å². The van der Waals surface area contributed by atoms with Gasteiger partial charge in [0.15, 0.2) is 0 Å². The van der Waals surface area contributed by atoms with E-state index in [1.165, 1.54) is 12.1 Å². The van der Waals surface area contributed by atoms with E-state index >= 15 is 0 Å². The standard InChI is InChI=1S/C21H17FN2O3S/c22-16-4-3-14-2-1-13(9-15(14)11-16)10-17-18(12-23)20(28-19(17)21(25)26)24-5-7-27-8-6-24/h1-4,9,11H,5-8,10H2,(H,25,26). The number of morpholine rings is 1. The number of carboxylic acids is 1. The number of thiophene rings is 1. The fourth-order valence-electron chi connectivity index (χ4n) is 3.48. The van der Waals surface area contributed by atoms with E-state index in [1.807, 2.05) is 23.1 Å². The molecule has 0 aliphatic carbocycles. The second-order valence-corrected chi connectivity index (χ2v) is 7.61. The first kappa shape index (κ1) is 18.4. The first-order valence-corrected chi connectivity index (χ1v) is 9.68. The molecule has 0 bridgehead atoms. The highest BCUT2D eigenvalue weighted by Gasteiger charge is 2.26. The zero-order chi connectivity index (χ0) is 19.7. The topological polar surface area (TPSA) is 73.6 Å². The van der Waals surface area contributed by atoms with Gasteiger partial charge in [0.05, 0.1) is 18.8 Å². The van der Waals surface area contributed by atoms with Gasteiger partial charge in [0.25, 0.3) is 0 Å². The maximum Gasteiger partial charge on any atom is 0.346 e. The first-order chi connectivity index (χ1) is 13.6.